The van der Waals surface area contributed by atoms with Gasteiger partial charge in [0.2, 0.25) is 0 Å². The molecule has 0 aromatic heterocycles. The van der Waals surface area contributed by atoms with Crippen molar-refractivity contribution in [3.05, 3.63) is 133 Å². The summed E-state index contributed by atoms with van der Waals surface area (Å²) in [5.74, 6) is -1.07. The molecule has 0 aliphatic heterocycles. The van der Waals surface area contributed by atoms with Crippen molar-refractivity contribution < 1.29 is 43.9 Å². The summed E-state index contributed by atoms with van der Waals surface area (Å²) in [5, 5.41) is 27.6. The molecule has 9 nitrogen and oxygen atoms in total. The van der Waals surface area contributed by atoms with Crippen molar-refractivity contribution in [2.24, 2.45) is 0 Å². The van der Waals surface area contributed by atoms with Crippen molar-refractivity contribution in [3.8, 4) is 45.3 Å². The molecular formula is C40H40O9. The van der Waals surface area contributed by atoms with Gasteiger partial charge in [0.05, 0.1) is 6.61 Å². The molecule has 3 N–H and O–H groups in total. The fourth-order valence-electron chi connectivity index (χ4n) is 4.25. The number of aromatic hydroxyl groups is 2. The Morgan fingerprint density at radius 1 is 0.551 bits per heavy atom. The van der Waals surface area contributed by atoms with E-state index in [0.717, 1.165) is 27.8 Å². The van der Waals surface area contributed by atoms with Gasteiger partial charge in [0, 0.05) is 41.9 Å². The van der Waals surface area contributed by atoms with Gasteiger partial charge in [-0.3, -0.25) is 0 Å². The number of phenolic OH excluding ortho intramolecular Hbond substituents is 2. The predicted octanol–water partition coefficient (Wildman–Crippen LogP) is 7.28. The van der Waals surface area contributed by atoms with Crippen LogP contribution in [0.1, 0.15) is 31.9 Å². The van der Waals surface area contributed by atoms with E-state index in [0.29, 0.717) is 24.0 Å². The van der Waals surface area contributed by atoms with Crippen LogP contribution in [-0.4, -0.2) is 46.4 Å². The van der Waals surface area contributed by atoms with E-state index in [1.165, 1.54) is 12.1 Å². The molecule has 49 heavy (non-hydrogen) atoms. The van der Waals surface area contributed by atoms with Gasteiger partial charge in [-0.05, 0) is 84.8 Å². The Bertz CT molecular complexity index is 1770. The molecule has 0 aliphatic carbocycles. The molecule has 0 amide bonds. The van der Waals surface area contributed by atoms with E-state index in [2.05, 4.69) is 19.7 Å². The Labute approximate surface area is 286 Å². The second kappa shape index (κ2) is 17.8. The zero-order valence-corrected chi connectivity index (χ0v) is 27.8. The summed E-state index contributed by atoms with van der Waals surface area (Å²) < 4.78 is 15.8. The summed E-state index contributed by atoms with van der Waals surface area (Å²) in [6.45, 7) is 15.8. The molecule has 0 heterocycles. The van der Waals surface area contributed by atoms with E-state index in [4.69, 9.17) is 19.3 Å². The Hall–Kier alpha value is -5.93. The lowest BCUT2D eigenvalue weighted by Crippen LogP contribution is -2.10. The van der Waals surface area contributed by atoms with Crippen LogP contribution < -0.4 is 9.47 Å². The van der Waals surface area contributed by atoms with E-state index in [-0.39, 0.29) is 47.4 Å². The minimum atomic E-state index is -0.584. The van der Waals surface area contributed by atoms with Crippen LogP contribution in [0.4, 0.5) is 0 Å². The molecule has 4 aromatic carbocycles. The maximum Gasteiger partial charge on any atom is 0.338 e. The fraction of sp³-hybridized carbons (Fsp3) is 0.175. The molecule has 0 atom stereocenters. The van der Waals surface area contributed by atoms with Gasteiger partial charge in [-0.1, -0.05) is 68.3 Å². The molecule has 0 radical (unpaired) electrons. The van der Waals surface area contributed by atoms with E-state index in [9.17, 15) is 24.6 Å². The number of hydrogen-bond acceptors (Lipinski definition) is 9. The zero-order chi connectivity index (χ0) is 36.1. The van der Waals surface area contributed by atoms with Gasteiger partial charge >= 0.3 is 17.9 Å². The summed E-state index contributed by atoms with van der Waals surface area (Å²) in [6.07, 6.45) is 1.18. The molecule has 0 saturated heterocycles. The molecule has 0 aliphatic rings. The van der Waals surface area contributed by atoms with E-state index < -0.39 is 17.9 Å². The summed E-state index contributed by atoms with van der Waals surface area (Å²) in [4.78, 5) is 35.4. The third kappa shape index (κ3) is 12.0. The highest BCUT2D eigenvalue weighted by molar-refractivity contribution is 5.90. The summed E-state index contributed by atoms with van der Waals surface area (Å²) in [6, 6.07) is 24.5. The first kappa shape index (κ1) is 37.5. The first-order valence-corrected chi connectivity index (χ1v) is 15.3. The average molecular weight is 665 g/mol. The maximum absolute atomic E-state index is 12.0. The van der Waals surface area contributed by atoms with Crippen molar-refractivity contribution >= 4 is 17.9 Å². The lowest BCUT2D eigenvalue weighted by molar-refractivity contribution is -0.139. The monoisotopic (exact) mass is 664 g/mol. The van der Waals surface area contributed by atoms with Crippen LogP contribution in [0, 0.1) is 0 Å². The molecule has 0 saturated carbocycles. The van der Waals surface area contributed by atoms with Crippen LogP contribution in [0.5, 0.6) is 23.0 Å². The van der Waals surface area contributed by atoms with E-state index in [1.54, 1.807) is 45.0 Å². The predicted molar refractivity (Wildman–Crippen MR) is 188 cm³/mol. The summed E-state index contributed by atoms with van der Waals surface area (Å²) in [7, 11) is 0. The summed E-state index contributed by atoms with van der Waals surface area (Å²) in [5.41, 5.74) is 6.05. The van der Waals surface area contributed by atoms with Crippen molar-refractivity contribution in [3.63, 3.8) is 0 Å². The number of benzene rings is 4. The first-order chi connectivity index (χ1) is 23.2. The van der Waals surface area contributed by atoms with Crippen LogP contribution in [0.25, 0.3) is 22.3 Å². The Kier molecular flexibility index (Phi) is 13.7. The van der Waals surface area contributed by atoms with Gasteiger partial charge in [0.25, 0.3) is 0 Å². The number of carbonyl (C=O) groups excluding carboxylic acids is 3. The lowest BCUT2D eigenvalue weighted by Gasteiger charge is -2.12. The van der Waals surface area contributed by atoms with Crippen molar-refractivity contribution in [2.45, 2.75) is 33.6 Å². The molecule has 254 valence electrons. The highest BCUT2D eigenvalue weighted by Gasteiger charge is 2.13. The number of phenols is 2. The number of ether oxygens (including phenoxy) is 3. The molecule has 0 spiro atoms. The van der Waals surface area contributed by atoms with E-state index in [1.807, 2.05) is 48.5 Å². The van der Waals surface area contributed by atoms with Gasteiger partial charge in [0.1, 0.15) is 23.0 Å². The van der Waals surface area contributed by atoms with Crippen LogP contribution in [-0.2, 0) is 32.0 Å². The molecule has 0 unspecified atom stereocenters. The van der Waals surface area contributed by atoms with Crippen LogP contribution in [0.15, 0.2) is 121 Å². The Balaban J connectivity index is 0.000000319. The number of hydrogen-bond donors (Lipinski definition) is 3. The second-order valence-electron chi connectivity index (χ2n) is 11.3. The lowest BCUT2D eigenvalue weighted by atomic mass is 10.0. The second-order valence-corrected chi connectivity index (χ2v) is 11.3. The number of aliphatic hydroxyl groups is 1. The van der Waals surface area contributed by atoms with Gasteiger partial charge < -0.3 is 29.5 Å². The number of rotatable bonds is 12. The maximum atomic E-state index is 12.0. The largest absolute Gasteiger partial charge is 0.508 e. The number of carbonyl (C=O) groups is 3. The first-order valence-electron chi connectivity index (χ1n) is 15.3. The minimum absolute atomic E-state index is 0.0411. The zero-order valence-electron chi connectivity index (χ0n) is 27.8. The Morgan fingerprint density at radius 2 is 0.959 bits per heavy atom. The van der Waals surface area contributed by atoms with Crippen LogP contribution in [0.2, 0.25) is 0 Å². The number of esters is 3. The third-order valence-electron chi connectivity index (χ3n) is 6.85. The van der Waals surface area contributed by atoms with Crippen LogP contribution in [0.3, 0.4) is 0 Å². The SMILES string of the molecule is C=C(C)C(=O)OCCc1ccc(-c2cc(OC(=O)C(=C)C)cc(OC(=O)C(=C)C)c2)cc1.OCCc1ccc(-c2cc(O)cc(O)c2)cc1. The minimum Gasteiger partial charge on any atom is -0.508 e. The van der Waals surface area contributed by atoms with Gasteiger partial charge in [-0.25, -0.2) is 14.4 Å². The standard InChI is InChI=1S/C26H26O6.C14H14O3/c1-16(2)24(27)30-12-11-19-7-9-20(10-8-19)21-13-22(31-25(28)17(3)4)15-23(14-21)32-26(29)18(5)6;15-6-5-10-1-3-11(4-2-10)12-7-13(16)9-14(17)8-12/h7-10,13-15H,1,3,5,11-12H2,2,4,6H3;1-4,7-9,15-17H,5-6H2. The quantitative estimate of drug-likeness (QED) is 0.0810. The topological polar surface area (TPSA) is 140 Å². The molecule has 9 heteroatoms. The number of aliphatic hydroxyl groups excluding tert-OH is 1. The average Bonchev–Trinajstić information content (AvgIpc) is 3.05. The molecule has 0 bridgehead atoms. The highest BCUT2D eigenvalue weighted by Crippen LogP contribution is 2.31. The van der Waals surface area contributed by atoms with Gasteiger partial charge in [-0.2, -0.15) is 0 Å². The molecule has 0 fully saturated rings. The van der Waals surface area contributed by atoms with Gasteiger partial charge in [-0.15, -0.1) is 0 Å². The molecule has 4 aromatic rings. The summed E-state index contributed by atoms with van der Waals surface area (Å²) >= 11 is 0. The smallest absolute Gasteiger partial charge is 0.338 e. The van der Waals surface area contributed by atoms with Crippen molar-refractivity contribution in [1.29, 1.82) is 0 Å². The molecule has 4 rings (SSSR count). The normalized spacial score (nSPS) is 10.2. The highest BCUT2D eigenvalue weighted by atomic mass is 16.5. The van der Waals surface area contributed by atoms with Gasteiger partial charge in [0.15, 0.2) is 0 Å². The van der Waals surface area contributed by atoms with Crippen LogP contribution >= 0.6 is 0 Å². The Morgan fingerprint density at radius 3 is 1.37 bits per heavy atom. The van der Waals surface area contributed by atoms with Crippen molar-refractivity contribution in [2.75, 3.05) is 13.2 Å². The fourth-order valence-corrected chi connectivity index (χ4v) is 4.25. The van der Waals surface area contributed by atoms with Crippen molar-refractivity contribution in [1.82, 2.24) is 0 Å². The van der Waals surface area contributed by atoms with E-state index >= 15 is 0 Å². The third-order valence-corrected chi connectivity index (χ3v) is 6.85. The molecular weight excluding hydrogens is 624 g/mol.